The van der Waals surface area contributed by atoms with Gasteiger partial charge in [0.1, 0.15) is 5.82 Å². The van der Waals surface area contributed by atoms with E-state index in [0.29, 0.717) is 0 Å². The fourth-order valence-electron chi connectivity index (χ4n) is 1.86. The number of carbonyl (C=O) groups excluding carboxylic acids is 1. The second-order valence-corrected chi connectivity index (χ2v) is 7.84. The zero-order valence-electron chi connectivity index (χ0n) is 9.57. The Labute approximate surface area is 123 Å². The van der Waals surface area contributed by atoms with Crippen molar-refractivity contribution < 1.29 is 17.6 Å². The van der Waals surface area contributed by atoms with Gasteiger partial charge in [-0.3, -0.25) is 4.79 Å². The van der Waals surface area contributed by atoms with Crippen LogP contribution in [-0.4, -0.2) is 37.2 Å². The fraction of sp³-hybridized carbons (Fsp3) is 0.364. The third kappa shape index (κ3) is 3.27. The molecule has 0 spiro atoms. The van der Waals surface area contributed by atoms with Gasteiger partial charge < -0.3 is 5.32 Å². The lowest BCUT2D eigenvalue weighted by atomic mass is 10.1. The monoisotopic (exact) mass is 369 g/mol. The molecule has 1 aromatic rings. The highest BCUT2D eigenvalue weighted by Crippen LogP contribution is 2.21. The molecule has 4 nitrogen and oxygen atoms in total. The number of hydrogen-bond acceptors (Lipinski definition) is 3. The Morgan fingerprint density at radius 2 is 2.11 bits per heavy atom. The van der Waals surface area contributed by atoms with Gasteiger partial charge in [0.2, 0.25) is 0 Å². The summed E-state index contributed by atoms with van der Waals surface area (Å²) < 4.78 is 36.6. The van der Waals surface area contributed by atoms with Crippen molar-refractivity contribution in [3.8, 4) is 0 Å². The Balaban J connectivity index is 2.16. The standard InChI is InChI=1S/C11H10BrClFNO3S/c12-7-3-1-2-6(10(7)14)11(16)15-9-5-19(17,18)4-8(9)13/h1-3,8-9H,4-5H2,(H,15,16). The molecule has 1 aromatic carbocycles. The van der Waals surface area contributed by atoms with Crippen molar-refractivity contribution in [1.29, 1.82) is 0 Å². The quantitative estimate of drug-likeness (QED) is 0.806. The number of halogens is 3. The minimum atomic E-state index is -3.24. The van der Waals surface area contributed by atoms with Crippen LogP contribution in [0.5, 0.6) is 0 Å². The van der Waals surface area contributed by atoms with E-state index < -0.39 is 33.0 Å². The minimum absolute atomic E-state index is 0.150. The van der Waals surface area contributed by atoms with Crippen LogP contribution in [0, 0.1) is 5.82 Å². The van der Waals surface area contributed by atoms with Crippen LogP contribution < -0.4 is 5.32 Å². The molecule has 1 fully saturated rings. The summed E-state index contributed by atoms with van der Waals surface area (Å²) in [4.78, 5) is 11.9. The first-order valence-electron chi connectivity index (χ1n) is 5.39. The van der Waals surface area contributed by atoms with Crippen LogP contribution in [-0.2, 0) is 9.84 Å². The maximum atomic E-state index is 13.7. The van der Waals surface area contributed by atoms with Crippen LogP contribution in [0.3, 0.4) is 0 Å². The lowest BCUT2D eigenvalue weighted by Crippen LogP contribution is -2.41. The molecule has 2 atom stereocenters. The van der Waals surface area contributed by atoms with Crippen molar-refractivity contribution in [3.63, 3.8) is 0 Å². The number of carbonyl (C=O) groups is 1. The van der Waals surface area contributed by atoms with E-state index in [4.69, 9.17) is 11.6 Å². The van der Waals surface area contributed by atoms with Crippen LogP contribution in [0.25, 0.3) is 0 Å². The van der Waals surface area contributed by atoms with Crippen molar-refractivity contribution in [1.82, 2.24) is 5.32 Å². The van der Waals surface area contributed by atoms with Crippen molar-refractivity contribution in [2.45, 2.75) is 11.4 Å². The topological polar surface area (TPSA) is 63.2 Å². The van der Waals surface area contributed by atoms with Gasteiger partial charge in [0, 0.05) is 0 Å². The largest absolute Gasteiger partial charge is 0.347 e. The molecule has 0 aromatic heterocycles. The van der Waals surface area contributed by atoms with E-state index in [2.05, 4.69) is 21.2 Å². The Bertz CT molecular complexity index is 622. The molecular formula is C11H10BrClFNO3S. The molecule has 19 heavy (non-hydrogen) atoms. The zero-order valence-corrected chi connectivity index (χ0v) is 12.7. The Morgan fingerprint density at radius 1 is 1.42 bits per heavy atom. The summed E-state index contributed by atoms with van der Waals surface area (Å²) in [6.45, 7) is 0. The lowest BCUT2D eigenvalue weighted by molar-refractivity contribution is 0.0937. The highest BCUT2D eigenvalue weighted by atomic mass is 79.9. The molecule has 1 heterocycles. The number of alkyl halides is 1. The second-order valence-electron chi connectivity index (χ2n) is 4.27. The van der Waals surface area contributed by atoms with Gasteiger partial charge in [-0.2, -0.15) is 0 Å². The Kier molecular flexibility index (Phi) is 4.17. The molecule has 1 amide bonds. The van der Waals surface area contributed by atoms with E-state index in [1.165, 1.54) is 18.2 Å². The maximum absolute atomic E-state index is 13.7. The second kappa shape index (κ2) is 5.38. The van der Waals surface area contributed by atoms with E-state index in [-0.39, 0.29) is 21.5 Å². The molecule has 0 saturated carbocycles. The van der Waals surface area contributed by atoms with E-state index in [1.54, 1.807) is 0 Å². The van der Waals surface area contributed by atoms with Crippen LogP contribution in [0.15, 0.2) is 22.7 Å². The van der Waals surface area contributed by atoms with Crippen LogP contribution in [0.4, 0.5) is 4.39 Å². The summed E-state index contributed by atoms with van der Waals surface area (Å²) in [5.41, 5.74) is -0.150. The van der Waals surface area contributed by atoms with Crippen LogP contribution in [0.2, 0.25) is 0 Å². The molecular weight excluding hydrogens is 361 g/mol. The van der Waals surface area contributed by atoms with Crippen LogP contribution >= 0.6 is 27.5 Å². The van der Waals surface area contributed by atoms with Gasteiger partial charge in [-0.1, -0.05) is 6.07 Å². The molecule has 2 rings (SSSR count). The highest BCUT2D eigenvalue weighted by molar-refractivity contribution is 9.10. The van der Waals surface area contributed by atoms with Gasteiger partial charge in [0.25, 0.3) is 5.91 Å². The third-order valence-corrected chi connectivity index (χ3v) is 5.78. The first-order chi connectivity index (χ1) is 8.80. The molecule has 104 valence electrons. The zero-order chi connectivity index (χ0) is 14.2. The first-order valence-corrected chi connectivity index (χ1v) is 8.44. The lowest BCUT2D eigenvalue weighted by Gasteiger charge is -2.14. The predicted molar refractivity (Wildman–Crippen MR) is 73.6 cm³/mol. The summed E-state index contributed by atoms with van der Waals surface area (Å²) in [5, 5.41) is 1.77. The average Bonchev–Trinajstić information content (AvgIpc) is 2.55. The number of rotatable bonds is 2. The van der Waals surface area contributed by atoms with E-state index in [0.717, 1.165) is 0 Å². The summed E-state index contributed by atoms with van der Waals surface area (Å²) in [6, 6.07) is 3.61. The Hall–Kier alpha value is -0.660. The van der Waals surface area contributed by atoms with Gasteiger partial charge in [0.05, 0.1) is 33.0 Å². The summed E-state index contributed by atoms with van der Waals surface area (Å²) in [6.07, 6.45) is 0. The summed E-state index contributed by atoms with van der Waals surface area (Å²) in [7, 11) is -3.24. The SMILES string of the molecule is O=C(NC1CS(=O)(=O)CC1Cl)c1cccc(Br)c1F. The van der Waals surface area contributed by atoms with E-state index in [1.807, 2.05) is 0 Å². The van der Waals surface area contributed by atoms with Crippen molar-refractivity contribution >= 4 is 43.3 Å². The maximum Gasteiger partial charge on any atom is 0.254 e. The highest BCUT2D eigenvalue weighted by Gasteiger charge is 2.37. The summed E-state index contributed by atoms with van der Waals surface area (Å²) in [5.74, 6) is -1.76. The summed E-state index contributed by atoms with van der Waals surface area (Å²) >= 11 is 8.85. The van der Waals surface area contributed by atoms with Crippen molar-refractivity contribution in [2.75, 3.05) is 11.5 Å². The smallest absolute Gasteiger partial charge is 0.254 e. The van der Waals surface area contributed by atoms with E-state index in [9.17, 15) is 17.6 Å². The fourth-order valence-corrected chi connectivity index (χ4v) is 4.78. The molecule has 2 unspecified atom stereocenters. The van der Waals surface area contributed by atoms with Gasteiger partial charge in [-0.25, -0.2) is 12.8 Å². The molecule has 0 aliphatic carbocycles. The van der Waals surface area contributed by atoms with Crippen LogP contribution in [0.1, 0.15) is 10.4 Å². The molecule has 1 aliphatic heterocycles. The van der Waals surface area contributed by atoms with Gasteiger partial charge >= 0.3 is 0 Å². The van der Waals surface area contributed by atoms with Crippen molar-refractivity contribution in [2.24, 2.45) is 0 Å². The number of sulfone groups is 1. The Morgan fingerprint density at radius 3 is 2.68 bits per heavy atom. The molecule has 1 N–H and O–H groups in total. The third-order valence-electron chi connectivity index (χ3n) is 2.80. The molecule has 8 heteroatoms. The number of benzene rings is 1. The normalized spacial score (nSPS) is 25.2. The predicted octanol–water partition coefficient (Wildman–Crippen LogP) is 1.72. The molecule has 1 aliphatic rings. The number of amides is 1. The number of hydrogen-bond donors (Lipinski definition) is 1. The van der Waals surface area contributed by atoms with Gasteiger partial charge in [0.15, 0.2) is 9.84 Å². The van der Waals surface area contributed by atoms with Crippen molar-refractivity contribution in [3.05, 3.63) is 34.1 Å². The molecule has 1 saturated heterocycles. The number of nitrogens with one attached hydrogen (secondary N) is 1. The molecule has 0 radical (unpaired) electrons. The first kappa shape index (κ1) is 14.7. The van der Waals surface area contributed by atoms with Gasteiger partial charge in [-0.15, -0.1) is 11.6 Å². The minimum Gasteiger partial charge on any atom is -0.347 e. The average molecular weight is 371 g/mol. The van der Waals surface area contributed by atoms with E-state index >= 15 is 0 Å². The molecule has 0 bridgehead atoms. The van der Waals surface area contributed by atoms with Gasteiger partial charge in [-0.05, 0) is 28.1 Å².